The molecule has 0 aromatic carbocycles. The summed E-state index contributed by atoms with van der Waals surface area (Å²) in [5, 5.41) is 11.9. The van der Waals surface area contributed by atoms with Crippen LogP contribution in [-0.2, 0) is 24.1 Å². The number of aliphatic hydroxyl groups excluding tert-OH is 1. The van der Waals surface area contributed by atoms with Crippen LogP contribution in [0.25, 0.3) is 0 Å². The van der Waals surface area contributed by atoms with Gasteiger partial charge in [-0.05, 0) is 56.4 Å². The number of alkyl halides is 3. The molecule has 2 aromatic heterocycles. The van der Waals surface area contributed by atoms with Crippen molar-refractivity contribution in [1.82, 2.24) is 14.9 Å². The fourth-order valence-corrected chi connectivity index (χ4v) is 6.12. The molecule has 1 aliphatic carbocycles. The lowest BCUT2D eigenvalue weighted by molar-refractivity contribution is -0.154. The minimum Gasteiger partial charge on any atom is -0.468 e. The summed E-state index contributed by atoms with van der Waals surface area (Å²) >= 11 is 1.58. The quantitative estimate of drug-likeness (QED) is 0.518. The van der Waals surface area contributed by atoms with Crippen LogP contribution >= 0.6 is 11.3 Å². The van der Waals surface area contributed by atoms with Crippen molar-refractivity contribution < 1.29 is 27.8 Å². The fourth-order valence-electron chi connectivity index (χ4n) is 5.29. The Bertz CT molecular complexity index is 1020. The number of fused-ring (bicyclic) bond motifs is 1. The summed E-state index contributed by atoms with van der Waals surface area (Å²) in [6.07, 6.45) is 3.17. The number of ether oxygens (including phenoxy) is 1. The monoisotopic (exact) mass is 525 g/mol. The molecule has 4 rings (SSSR count). The first-order valence-electron chi connectivity index (χ1n) is 12.7. The molecule has 2 aromatic rings. The molecule has 0 bridgehead atoms. The minimum atomic E-state index is -4.39. The van der Waals surface area contributed by atoms with Gasteiger partial charge in [-0.2, -0.15) is 13.2 Å². The Labute approximate surface area is 213 Å². The van der Waals surface area contributed by atoms with Crippen LogP contribution in [0, 0.1) is 18.8 Å². The Morgan fingerprint density at radius 2 is 1.97 bits per heavy atom. The Balaban J connectivity index is 1.19. The molecule has 2 aliphatic rings. The van der Waals surface area contributed by atoms with Crippen LogP contribution in [-0.4, -0.2) is 64.3 Å². The highest BCUT2D eigenvalue weighted by Gasteiger charge is 2.30. The van der Waals surface area contributed by atoms with E-state index >= 15 is 0 Å². The van der Waals surface area contributed by atoms with Crippen molar-refractivity contribution >= 4 is 17.1 Å². The number of rotatable bonds is 9. The summed E-state index contributed by atoms with van der Waals surface area (Å²) in [6, 6.07) is 3.29. The number of ketones is 1. The standard InChI is InChI=1S/C26H34F3N3O3S/c1-17-30-14-22(36-17)13-21(33)12-18-2-4-20(5-3-18)24(34)15-32-10-8-19-6-7-25(31-23(19)9-11-32)35-16-26(27,28)29/h6-7,14,18,20,24,34H,2-5,8-13,15-16H2,1H3. The van der Waals surface area contributed by atoms with E-state index in [2.05, 4.69) is 14.9 Å². The van der Waals surface area contributed by atoms with Crippen molar-refractivity contribution in [3.63, 3.8) is 0 Å². The molecule has 1 N–H and O–H groups in total. The Morgan fingerprint density at radius 1 is 1.22 bits per heavy atom. The average molecular weight is 526 g/mol. The van der Waals surface area contributed by atoms with Crippen LogP contribution in [0.5, 0.6) is 5.88 Å². The first-order valence-corrected chi connectivity index (χ1v) is 13.5. The molecular formula is C26H34F3N3O3S. The van der Waals surface area contributed by atoms with Crippen molar-refractivity contribution in [2.75, 3.05) is 26.2 Å². The highest BCUT2D eigenvalue weighted by molar-refractivity contribution is 7.11. The maximum Gasteiger partial charge on any atom is 0.422 e. The van der Waals surface area contributed by atoms with E-state index in [1.54, 1.807) is 23.6 Å². The van der Waals surface area contributed by atoms with E-state index in [1.807, 2.05) is 6.92 Å². The van der Waals surface area contributed by atoms with E-state index in [1.165, 1.54) is 6.07 Å². The number of halogens is 3. The number of thiazole rings is 1. The van der Waals surface area contributed by atoms with Crippen molar-refractivity contribution in [3.05, 3.63) is 39.5 Å². The molecule has 1 saturated carbocycles. The second-order valence-electron chi connectivity index (χ2n) is 10.1. The second-order valence-corrected chi connectivity index (χ2v) is 11.4. The lowest BCUT2D eigenvalue weighted by atomic mass is 9.77. The van der Waals surface area contributed by atoms with Gasteiger partial charge in [0.15, 0.2) is 6.61 Å². The normalized spacial score (nSPS) is 22.0. The van der Waals surface area contributed by atoms with Crippen molar-refractivity contribution in [1.29, 1.82) is 0 Å². The molecule has 3 heterocycles. The van der Waals surface area contributed by atoms with Gasteiger partial charge in [-0.15, -0.1) is 11.3 Å². The Hall–Kier alpha value is -2.04. The summed E-state index contributed by atoms with van der Waals surface area (Å²) in [5.74, 6) is 0.887. The lowest BCUT2D eigenvalue weighted by Gasteiger charge is -2.33. The first-order chi connectivity index (χ1) is 17.1. The summed E-state index contributed by atoms with van der Waals surface area (Å²) in [5.41, 5.74) is 1.79. The van der Waals surface area contributed by atoms with Gasteiger partial charge in [0.2, 0.25) is 5.88 Å². The number of hydrogen-bond donors (Lipinski definition) is 1. The van der Waals surface area contributed by atoms with Crippen LogP contribution in [0.3, 0.4) is 0 Å². The van der Waals surface area contributed by atoms with E-state index in [-0.39, 0.29) is 17.6 Å². The summed E-state index contributed by atoms with van der Waals surface area (Å²) in [6.45, 7) is 2.64. The Kier molecular flexibility index (Phi) is 9.00. The van der Waals surface area contributed by atoms with Crippen LogP contribution in [0.15, 0.2) is 18.3 Å². The molecule has 198 valence electrons. The van der Waals surface area contributed by atoms with Crippen LogP contribution in [0.1, 0.15) is 53.2 Å². The zero-order valence-electron chi connectivity index (χ0n) is 20.6. The number of aliphatic hydroxyl groups is 1. The number of aryl methyl sites for hydroxylation is 1. The van der Waals surface area contributed by atoms with Gasteiger partial charge < -0.3 is 14.7 Å². The third kappa shape index (κ3) is 7.98. The van der Waals surface area contributed by atoms with Gasteiger partial charge in [0.05, 0.1) is 11.1 Å². The highest BCUT2D eigenvalue weighted by atomic mass is 32.1. The molecule has 0 amide bonds. The zero-order chi connectivity index (χ0) is 25.7. The summed E-state index contributed by atoms with van der Waals surface area (Å²) in [4.78, 5) is 24.2. The Morgan fingerprint density at radius 3 is 2.67 bits per heavy atom. The van der Waals surface area contributed by atoms with E-state index in [4.69, 9.17) is 4.74 Å². The van der Waals surface area contributed by atoms with E-state index < -0.39 is 18.9 Å². The SMILES string of the molecule is Cc1ncc(CC(=O)CC2CCC(C(O)CN3CCc4ccc(OCC(F)(F)F)nc4CC3)CC2)s1. The molecule has 0 spiro atoms. The van der Waals surface area contributed by atoms with Crippen LogP contribution < -0.4 is 4.74 Å². The van der Waals surface area contributed by atoms with Gasteiger partial charge in [-0.1, -0.05) is 6.07 Å². The molecule has 0 saturated heterocycles. The molecule has 1 fully saturated rings. The molecule has 1 atom stereocenters. The van der Waals surface area contributed by atoms with Gasteiger partial charge in [0, 0.05) is 61.7 Å². The number of hydrogen-bond acceptors (Lipinski definition) is 7. The smallest absolute Gasteiger partial charge is 0.422 e. The molecule has 6 nitrogen and oxygen atoms in total. The molecule has 10 heteroatoms. The minimum absolute atomic E-state index is 0.00281. The van der Waals surface area contributed by atoms with Crippen molar-refractivity contribution in [2.45, 2.75) is 70.6 Å². The number of nitrogens with zero attached hydrogens (tertiary/aromatic N) is 3. The largest absolute Gasteiger partial charge is 0.468 e. The second kappa shape index (κ2) is 12.0. The van der Waals surface area contributed by atoms with E-state index in [0.29, 0.717) is 38.3 Å². The number of Topliss-reactive ketones (excluding diaryl/α,β-unsaturated/α-hetero) is 1. The predicted molar refractivity (Wildman–Crippen MR) is 131 cm³/mol. The molecule has 1 unspecified atom stereocenters. The molecule has 1 aliphatic heterocycles. The third-order valence-electron chi connectivity index (χ3n) is 7.23. The maximum atomic E-state index is 12.5. The van der Waals surface area contributed by atoms with Gasteiger partial charge >= 0.3 is 6.18 Å². The van der Waals surface area contributed by atoms with Crippen molar-refractivity contribution in [2.24, 2.45) is 11.8 Å². The number of carbonyl (C=O) groups is 1. The van der Waals surface area contributed by atoms with Crippen LogP contribution in [0.2, 0.25) is 0 Å². The summed E-state index contributed by atoms with van der Waals surface area (Å²) < 4.78 is 42.1. The van der Waals surface area contributed by atoms with Gasteiger partial charge in [0.25, 0.3) is 0 Å². The topological polar surface area (TPSA) is 75.5 Å². The number of β-amino-alcohol motifs (C(OH)–C–C–N with tert-alkyl or cyclic N) is 1. The third-order valence-corrected chi connectivity index (χ3v) is 8.14. The van der Waals surface area contributed by atoms with Gasteiger partial charge in [-0.3, -0.25) is 4.79 Å². The molecule has 36 heavy (non-hydrogen) atoms. The van der Waals surface area contributed by atoms with E-state index in [0.717, 1.165) is 59.8 Å². The molecular weight excluding hydrogens is 491 g/mol. The number of aromatic nitrogens is 2. The number of pyridine rings is 1. The van der Waals surface area contributed by atoms with Gasteiger partial charge in [-0.25, -0.2) is 9.97 Å². The van der Waals surface area contributed by atoms with E-state index in [9.17, 15) is 23.1 Å². The van der Waals surface area contributed by atoms with Crippen LogP contribution in [0.4, 0.5) is 13.2 Å². The maximum absolute atomic E-state index is 12.5. The lowest BCUT2D eigenvalue weighted by Crippen LogP contribution is -2.39. The van der Waals surface area contributed by atoms with Crippen molar-refractivity contribution in [3.8, 4) is 5.88 Å². The van der Waals surface area contributed by atoms with Gasteiger partial charge in [0.1, 0.15) is 5.78 Å². The number of carbonyl (C=O) groups excluding carboxylic acids is 1. The highest BCUT2D eigenvalue weighted by Crippen LogP contribution is 2.33. The first kappa shape index (κ1) is 27.0. The molecule has 0 radical (unpaired) electrons. The summed E-state index contributed by atoms with van der Waals surface area (Å²) in [7, 11) is 0. The fraction of sp³-hybridized carbons (Fsp3) is 0.654. The predicted octanol–water partition coefficient (Wildman–Crippen LogP) is 4.56. The zero-order valence-corrected chi connectivity index (χ0v) is 21.4. The average Bonchev–Trinajstić information content (AvgIpc) is 3.12.